The first-order chi connectivity index (χ1) is 13.7. The van der Waals surface area contributed by atoms with Crippen molar-refractivity contribution < 1.29 is 0 Å². The maximum atomic E-state index is 9.36. The van der Waals surface area contributed by atoms with E-state index in [1.54, 1.807) is 6.07 Å². The first-order valence-corrected chi connectivity index (χ1v) is 9.72. The van der Waals surface area contributed by atoms with Gasteiger partial charge in [-0.25, -0.2) is 9.97 Å². The van der Waals surface area contributed by atoms with Crippen LogP contribution in [0.25, 0.3) is 10.8 Å². The molecule has 2 aromatic heterocycles. The zero-order valence-corrected chi connectivity index (χ0v) is 15.9. The van der Waals surface area contributed by atoms with E-state index in [4.69, 9.17) is 0 Å². The van der Waals surface area contributed by atoms with Crippen LogP contribution in [-0.2, 0) is 0 Å². The number of hydrogen-bond acceptors (Lipinski definition) is 6. The number of rotatable bonds is 5. The molecule has 28 heavy (non-hydrogen) atoms. The summed E-state index contributed by atoms with van der Waals surface area (Å²) >= 11 is 0. The number of aromatic nitrogens is 2. The van der Waals surface area contributed by atoms with E-state index in [0.29, 0.717) is 17.6 Å². The lowest BCUT2D eigenvalue weighted by atomic mass is 10.1. The molecule has 3 aromatic rings. The number of nitriles is 1. The lowest BCUT2D eigenvalue weighted by Crippen LogP contribution is -2.38. The molecule has 1 saturated heterocycles. The number of benzene rings is 1. The highest BCUT2D eigenvalue weighted by Crippen LogP contribution is 2.28. The molecule has 1 aromatic carbocycles. The molecule has 0 aliphatic carbocycles. The first kappa shape index (κ1) is 18.2. The van der Waals surface area contributed by atoms with E-state index < -0.39 is 0 Å². The van der Waals surface area contributed by atoms with Crippen LogP contribution in [0.1, 0.15) is 37.1 Å². The average Bonchev–Trinajstić information content (AvgIpc) is 2.75. The lowest BCUT2D eigenvalue weighted by molar-refractivity contribution is 0.479. The third-order valence-electron chi connectivity index (χ3n) is 5.13. The molecule has 0 saturated carbocycles. The van der Waals surface area contributed by atoms with E-state index in [1.165, 1.54) is 12.0 Å². The second-order valence-corrected chi connectivity index (χ2v) is 7.22. The second-order valence-electron chi connectivity index (χ2n) is 7.22. The van der Waals surface area contributed by atoms with Crippen LogP contribution < -0.4 is 16.0 Å². The molecule has 3 heterocycles. The summed E-state index contributed by atoms with van der Waals surface area (Å²) < 4.78 is 0. The van der Waals surface area contributed by atoms with E-state index >= 15 is 0 Å². The number of anilines is 2. The lowest BCUT2D eigenvalue weighted by Gasteiger charge is -2.24. The summed E-state index contributed by atoms with van der Waals surface area (Å²) in [5.74, 6) is 1.54. The van der Waals surface area contributed by atoms with E-state index in [1.807, 2.05) is 30.5 Å². The monoisotopic (exact) mass is 372 g/mol. The van der Waals surface area contributed by atoms with Gasteiger partial charge in [-0.1, -0.05) is 30.3 Å². The maximum Gasteiger partial charge on any atom is 0.143 e. The third-order valence-corrected chi connectivity index (χ3v) is 5.13. The van der Waals surface area contributed by atoms with Crippen LogP contribution in [0.3, 0.4) is 0 Å². The Balaban J connectivity index is 1.66. The fourth-order valence-corrected chi connectivity index (χ4v) is 3.61. The second kappa shape index (κ2) is 8.24. The highest BCUT2D eigenvalue weighted by atomic mass is 15.1. The van der Waals surface area contributed by atoms with Crippen molar-refractivity contribution >= 4 is 22.4 Å². The zero-order chi connectivity index (χ0) is 19.3. The summed E-state index contributed by atoms with van der Waals surface area (Å²) in [6.07, 6.45) is 4.11. The number of pyridine rings is 2. The molecule has 2 atom stereocenters. The van der Waals surface area contributed by atoms with Crippen molar-refractivity contribution in [2.24, 2.45) is 0 Å². The Hall–Kier alpha value is -3.17. The van der Waals surface area contributed by atoms with Gasteiger partial charge in [0.1, 0.15) is 23.4 Å². The molecule has 0 bridgehead atoms. The number of nitrogens with zero attached hydrogens (tertiary/aromatic N) is 3. The predicted molar refractivity (Wildman–Crippen MR) is 112 cm³/mol. The number of hydrogen-bond donors (Lipinski definition) is 3. The van der Waals surface area contributed by atoms with Crippen LogP contribution in [-0.4, -0.2) is 29.1 Å². The summed E-state index contributed by atoms with van der Waals surface area (Å²) in [6, 6.07) is 16.6. The molecule has 6 nitrogen and oxygen atoms in total. The van der Waals surface area contributed by atoms with Crippen LogP contribution >= 0.6 is 0 Å². The quantitative estimate of drug-likeness (QED) is 0.631. The minimum absolute atomic E-state index is 0.0676. The average molecular weight is 372 g/mol. The highest BCUT2D eigenvalue weighted by molar-refractivity contribution is 5.93. The van der Waals surface area contributed by atoms with Crippen molar-refractivity contribution in [3.8, 4) is 6.07 Å². The van der Waals surface area contributed by atoms with Gasteiger partial charge >= 0.3 is 0 Å². The normalized spacial score (nSPS) is 17.6. The van der Waals surface area contributed by atoms with Gasteiger partial charge in [0.2, 0.25) is 0 Å². The van der Waals surface area contributed by atoms with Gasteiger partial charge in [0.05, 0.1) is 0 Å². The number of piperidine rings is 1. The predicted octanol–water partition coefficient (Wildman–Crippen LogP) is 3.84. The molecule has 0 spiro atoms. The molecule has 1 aliphatic rings. The Morgan fingerprint density at radius 1 is 1.25 bits per heavy atom. The molecule has 0 radical (unpaired) electrons. The molecule has 4 rings (SSSR count). The van der Waals surface area contributed by atoms with Crippen LogP contribution in [0.15, 0.2) is 48.7 Å². The van der Waals surface area contributed by atoms with Gasteiger partial charge in [0.15, 0.2) is 0 Å². The fraction of sp³-hybridized carbons (Fsp3) is 0.318. The Morgan fingerprint density at radius 2 is 2.11 bits per heavy atom. The molecule has 0 amide bonds. The topological polar surface area (TPSA) is 85.7 Å². The van der Waals surface area contributed by atoms with E-state index in [0.717, 1.165) is 36.1 Å². The molecule has 1 unspecified atom stereocenters. The van der Waals surface area contributed by atoms with Gasteiger partial charge in [-0.15, -0.1) is 0 Å². The molecule has 1 aliphatic heterocycles. The molecule has 1 fully saturated rings. The van der Waals surface area contributed by atoms with Gasteiger partial charge in [-0.2, -0.15) is 5.26 Å². The zero-order valence-electron chi connectivity index (χ0n) is 15.9. The summed E-state index contributed by atoms with van der Waals surface area (Å²) in [6.45, 7) is 4.12. The number of nitrogens with one attached hydrogen (secondary N) is 3. The van der Waals surface area contributed by atoms with Crippen molar-refractivity contribution in [3.05, 3.63) is 59.9 Å². The number of fused-ring (bicyclic) bond motifs is 1. The maximum absolute atomic E-state index is 9.36. The smallest absolute Gasteiger partial charge is 0.143 e. The van der Waals surface area contributed by atoms with E-state index in [9.17, 15) is 5.26 Å². The highest BCUT2D eigenvalue weighted by Gasteiger charge is 2.15. The summed E-state index contributed by atoms with van der Waals surface area (Å²) in [7, 11) is 0. The minimum Gasteiger partial charge on any atom is -0.366 e. The fourth-order valence-electron chi connectivity index (χ4n) is 3.61. The largest absolute Gasteiger partial charge is 0.366 e. The molecular formula is C22H24N6. The van der Waals surface area contributed by atoms with Gasteiger partial charge in [0, 0.05) is 35.6 Å². The van der Waals surface area contributed by atoms with Crippen molar-refractivity contribution in [1.82, 2.24) is 15.3 Å². The Bertz CT molecular complexity index is 989. The van der Waals surface area contributed by atoms with Crippen molar-refractivity contribution in [3.63, 3.8) is 0 Å². The third kappa shape index (κ3) is 4.05. The summed E-state index contributed by atoms with van der Waals surface area (Å²) in [5, 5.41) is 21.6. The van der Waals surface area contributed by atoms with Crippen LogP contribution in [0.4, 0.5) is 11.6 Å². The molecular weight excluding hydrogens is 348 g/mol. The van der Waals surface area contributed by atoms with Gasteiger partial charge in [0.25, 0.3) is 0 Å². The van der Waals surface area contributed by atoms with Gasteiger partial charge < -0.3 is 16.0 Å². The van der Waals surface area contributed by atoms with Crippen molar-refractivity contribution in [2.75, 3.05) is 23.7 Å². The van der Waals surface area contributed by atoms with E-state index in [2.05, 4.69) is 51.0 Å². The minimum atomic E-state index is 0.0676. The Morgan fingerprint density at radius 3 is 2.86 bits per heavy atom. The van der Waals surface area contributed by atoms with Gasteiger partial charge in [-0.05, 0) is 44.0 Å². The molecule has 3 N–H and O–H groups in total. The molecule has 142 valence electrons. The molecule has 6 heteroatoms. The van der Waals surface area contributed by atoms with Crippen LogP contribution in [0.5, 0.6) is 0 Å². The Labute approximate surface area is 165 Å². The van der Waals surface area contributed by atoms with Crippen molar-refractivity contribution in [1.29, 1.82) is 5.26 Å². The standard InChI is InChI=1S/C22H24N6/c1-15(16-6-3-2-4-7-16)26-22-20-11-21(27-18-8-5-9-24-14-18)25-13-17(20)10-19(12-23)28-22/h2-4,6-7,10-11,13,15,18,24H,5,8-9,14H2,1H3,(H,25,27)(H,26,28)/t15?,18-/m0/s1. The summed E-state index contributed by atoms with van der Waals surface area (Å²) in [5.41, 5.74) is 1.55. The SMILES string of the molecule is CC(Nc1nc(C#N)cc2cnc(N[C@H]3CCCNC3)cc12)c1ccccc1. The first-order valence-electron chi connectivity index (χ1n) is 9.72. The van der Waals surface area contributed by atoms with E-state index in [-0.39, 0.29) is 6.04 Å². The van der Waals surface area contributed by atoms with Crippen LogP contribution in [0, 0.1) is 11.3 Å². The van der Waals surface area contributed by atoms with Crippen LogP contribution in [0.2, 0.25) is 0 Å². The van der Waals surface area contributed by atoms with Crippen molar-refractivity contribution in [2.45, 2.75) is 31.8 Å². The Kier molecular flexibility index (Phi) is 5.36. The summed E-state index contributed by atoms with van der Waals surface area (Å²) in [4.78, 5) is 9.08. The van der Waals surface area contributed by atoms with Gasteiger partial charge in [-0.3, -0.25) is 0 Å².